The number of nitrogens with zero attached hydrogens (tertiary/aromatic N) is 3. The zero-order valence-electron chi connectivity index (χ0n) is 12.0. The molecule has 0 N–H and O–H groups in total. The molecular weight excluding hydrogens is 234 g/mol. The summed E-state index contributed by atoms with van der Waals surface area (Å²) in [4.78, 5) is 8.16. The summed E-state index contributed by atoms with van der Waals surface area (Å²) < 4.78 is 0. The molecule has 19 heavy (non-hydrogen) atoms. The third-order valence-corrected chi connectivity index (χ3v) is 4.52. The first-order chi connectivity index (χ1) is 9.22. The van der Waals surface area contributed by atoms with Crippen LogP contribution in [0.25, 0.3) is 0 Å². The van der Waals surface area contributed by atoms with Crippen LogP contribution in [0.4, 0.5) is 0 Å². The largest absolute Gasteiger partial charge is 0.232 e. The zero-order chi connectivity index (χ0) is 13.7. The van der Waals surface area contributed by atoms with Crippen LogP contribution in [-0.4, -0.2) is 9.97 Å². The van der Waals surface area contributed by atoms with Crippen LogP contribution in [0.5, 0.6) is 0 Å². The fourth-order valence-electron chi connectivity index (χ4n) is 3.07. The van der Waals surface area contributed by atoms with Crippen molar-refractivity contribution in [2.45, 2.75) is 58.3 Å². The molecule has 1 aromatic heterocycles. The second kappa shape index (κ2) is 6.65. The number of nitriles is 1. The number of aromatic nitrogens is 2. The van der Waals surface area contributed by atoms with Crippen molar-refractivity contribution < 1.29 is 0 Å². The molecule has 1 aliphatic rings. The lowest BCUT2D eigenvalue weighted by Crippen LogP contribution is -2.16. The van der Waals surface area contributed by atoms with Crippen LogP contribution in [0.2, 0.25) is 0 Å². The van der Waals surface area contributed by atoms with Crippen molar-refractivity contribution in [1.29, 1.82) is 5.26 Å². The van der Waals surface area contributed by atoms with Gasteiger partial charge in [0.15, 0.2) is 0 Å². The molecule has 0 saturated heterocycles. The smallest absolute Gasteiger partial charge is 0.227 e. The molecule has 2 rings (SSSR count). The molecule has 1 saturated carbocycles. The Balaban J connectivity index is 1.87. The van der Waals surface area contributed by atoms with Crippen LogP contribution < -0.4 is 0 Å². The summed E-state index contributed by atoms with van der Waals surface area (Å²) in [6.07, 6.45) is 11.5. The predicted octanol–water partition coefficient (Wildman–Crippen LogP) is 4.06. The molecule has 3 nitrogen and oxygen atoms in total. The monoisotopic (exact) mass is 257 g/mol. The highest BCUT2D eigenvalue weighted by Crippen LogP contribution is 2.38. The SMILES string of the molecule is CCC(C)CC1CCC(c2cnc(C#N)nc2)CC1. The molecule has 102 valence electrons. The Hall–Kier alpha value is -1.43. The van der Waals surface area contributed by atoms with Crippen molar-refractivity contribution in [2.75, 3.05) is 0 Å². The van der Waals surface area contributed by atoms with E-state index in [4.69, 9.17) is 5.26 Å². The summed E-state index contributed by atoms with van der Waals surface area (Å²) in [6.45, 7) is 4.64. The second-order valence-electron chi connectivity index (χ2n) is 5.92. The van der Waals surface area contributed by atoms with E-state index in [1.807, 2.05) is 18.5 Å². The van der Waals surface area contributed by atoms with Gasteiger partial charge in [0.1, 0.15) is 6.07 Å². The van der Waals surface area contributed by atoms with Gasteiger partial charge in [0.05, 0.1) is 0 Å². The van der Waals surface area contributed by atoms with Gasteiger partial charge in [-0.1, -0.05) is 20.3 Å². The Morgan fingerprint density at radius 1 is 1.26 bits per heavy atom. The van der Waals surface area contributed by atoms with E-state index in [1.165, 1.54) is 44.1 Å². The Morgan fingerprint density at radius 3 is 2.42 bits per heavy atom. The van der Waals surface area contributed by atoms with Crippen LogP contribution in [0.3, 0.4) is 0 Å². The van der Waals surface area contributed by atoms with Gasteiger partial charge in [-0.2, -0.15) is 5.26 Å². The Bertz CT molecular complexity index is 424. The molecule has 0 aliphatic heterocycles. The molecule has 1 fully saturated rings. The van der Waals surface area contributed by atoms with Crippen molar-refractivity contribution in [2.24, 2.45) is 11.8 Å². The molecule has 1 aromatic rings. The highest BCUT2D eigenvalue weighted by molar-refractivity contribution is 5.17. The molecule has 0 radical (unpaired) electrons. The van der Waals surface area contributed by atoms with E-state index in [2.05, 4.69) is 23.8 Å². The standard InChI is InChI=1S/C16H23N3/c1-3-12(2)8-13-4-6-14(7-5-13)15-10-18-16(9-17)19-11-15/h10-14H,3-8H2,1-2H3. The number of hydrogen-bond donors (Lipinski definition) is 0. The Kier molecular flexibility index (Phi) is 4.90. The van der Waals surface area contributed by atoms with Crippen LogP contribution in [0.15, 0.2) is 12.4 Å². The van der Waals surface area contributed by atoms with Crippen molar-refractivity contribution in [1.82, 2.24) is 9.97 Å². The number of rotatable bonds is 4. The van der Waals surface area contributed by atoms with Gasteiger partial charge < -0.3 is 0 Å². The van der Waals surface area contributed by atoms with Crippen LogP contribution in [-0.2, 0) is 0 Å². The normalized spacial score (nSPS) is 24.7. The van der Waals surface area contributed by atoms with Crippen molar-refractivity contribution in [3.8, 4) is 6.07 Å². The molecule has 0 amide bonds. The van der Waals surface area contributed by atoms with E-state index in [1.54, 1.807) is 0 Å². The molecule has 0 bridgehead atoms. The first-order valence-corrected chi connectivity index (χ1v) is 7.45. The van der Waals surface area contributed by atoms with Gasteiger partial charge >= 0.3 is 0 Å². The van der Waals surface area contributed by atoms with Crippen molar-refractivity contribution in [3.63, 3.8) is 0 Å². The average molecular weight is 257 g/mol. The quantitative estimate of drug-likeness (QED) is 0.817. The maximum atomic E-state index is 8.71. The Morgan fingerprint density at radius 2 is 1.89 bits per heavy atom. The lowest BCUT2D eigenvalue weighted by molar-refractivity contribution is 0.273. The molecule has 0 spiro atoms. The van der Waals surface area contributed by atoms with E-state index in [0.717, 1.165) is 11.8 Å². The molecule has 1 unspecified atom stereocenters. The summed E-state index contributed by atoms with van der Waals surface area (Å²) in [5.74, 6) is 2.64. The second-order valence-corrected chi connectivity index (χ2v) is 5.92. The topological polar surface area (TPSA) is 49.6 Å². The lowest BCUT2D eigenvalue weighted by Gasteiger charge is -2.29. The molecule has 0 aromatic carbocycles. The van der Waals surface area contributed by atoms with Gasteiger partial charge in [0.2, 0.25) is 5.82 Å². The van der Waals surface area contributed by atoms with Gasteiger partial charge in [-0.15, -0.1) is 0 Å². The lowest BCUT2D eigenvalue weighted by atomic mass is 9.76. The van der Waals surface area contributed by atoms with Crippen molar-refractivity contribution in [3.05, 3.63) is 23.8 Å². The molecule has 3 heteroatoms. The first kappa shape index (κ1) is 14.0. The van der Waals surface area contributed by atoms with Gasteiger partial charge in [-0.05, 0) is 55.4 Å². The summed E-state index contributed by atoms with van der Waals surface area (Å²) >= 11 is 0. The number of hydrogen-bond acceptors (Lipinski definition) is 3. The minimum atomic E-state index is 0.272. The maximum Gasteiger partial charge on any atom is 0.232 e. The third kappa shape index (κ3) is 3.76. The molecular formula is C16H23N3. The van der Waals surface area contributed by atoms with Crippen LogP contribution in [0, 0.1) is 23.2 Å². The summed E-state index contributed by atoms with van der Waals surface area (Å²) in [6, 6.07) is 1.97. The van der Waals surface area contributed by atoms with E-state index >= 15 is 0 Å². The molecule has 1 heterocycles. The summed E-state index contributed by atoms with van der Waals surface area (Å²) in [5, 5.41) is 8.71. The van der Waals surface area contributed by atoms with Gasteiger partial charge in [0, 0.05) is 12.4 Å². The maximum absolute atomic E-state index is 8.71. The first-order valence-electron chi connectivity index (χ1n) is 7.45. The summed E-state index contributed by atoms with van der Waals surface area (Å²) in [5.41, 5.74) is 1.21. The average Bonchev–Trinajstić information content (AvgIpc) is 2.48. The highest BCUT2D eigenvalue weighted by atomic mass is 14.9. The van der Waals surface area contributed by atoms with Gasteiger partial charge in [-0.25, -0.2) is 9.97 Å². The minimum Gasteiger partial charge on any atom is -0.227 e. The van der Waals surface area contributed by atoms with E-state index in [-0.39, 0.29) is 5.82 Å². The van der Waals surface area contributed by atoms with Crippen LogP contribution >= 0.6 is 0 Å². The van der Waals surface area contributed by atoms with Crippen molar-refractivity contribution >= 4 is 0 Å². The van der Waals surface area contributed by atoms with E-state index in [0.29, 0.717) is 5.92 Å². The fourth-order valence-corrected chi connectivity index (χ4v) is 3.07. The summed E-state index contributed by atoms with van der Waals surface area (Å²) in [7, 11) is 0. The van der Waals surface area contributed by atoms with Gasteiger partial charge in [0.25, 0.3) is 0 Å². The third-order valence-electron chi connectivity index (χ3n) is 4.52. The minimum absolute atomic E-state index is 0.272. The van der Waals surface area contributed by atoms with E-state index < -0.39 is 0 Å². The van der Waals surface area contributed by atoms with E-state index in [9.17, 15) is 0 Å². The highest BCUT2D eigenvalue weighted by Gasteiger charge is 2.23. The van der Waals surface area contributed by atoms with Crippen LogP contribution in [0.1, 0.15) is 69.7 Å². The van der Waals surface area contributed by atoms with Gasteiger partial charge in [-0.3, -0.25) is 0 Å². The molecule has 1 aliphatic carbocycles. The zero-order valence-corrected chi connectivity index (χ0v) is 12.0. The predicted molar refractivity (Wildman–Crippen MR) is 75.5 cm³/mol. The molecule has 1 atom stereocenters. The Labute approximate surface area is 116 Å². The fraction of sp³-hybridized carbons (Fsp3) is 0.688.